The highest BCUT2D eigenvalue weighted by molar-refractivity contribution is 7.92. The Kier molecular flexibility index (Phi) is 8.00. The Hall–Kier alpha value is -4.45. The third kappa shape index (κ3) is 6.77. The maximum atomic E-state index is 12.8. The number of para-hydroxylation sites is 2. The number of ether oxygens (including phenoxy) is 1. The number of hydrogen-bond acceptors (Lipinski definition) is 7. The number of non-ortho nitro benzene ring substituents is 1. The maximum absolute atomic E-state index is 12.8. The molecule has 11 nitrogen and oxygen atoms in total. The third-order valence-corrected chi connectivity index (χ3v) is 6.12. The number of anilines is 2. The third-order valence-electron chi connectivity index (χ3n) is 4.76. The molecule has 0 saturated carbocycles. The van der Waals surface area contributed by atoms with Crippen LogP contribution < -0.4 is 20.1 Å². The number of carbonyl (C=O) groups is 2. The summed E-state index contributed by atoms with van der Waals surface area (Å²) in [5.41, 5.74) is 0.618. The molecule has 0 spiro atoms. The first-order chi connectivity index (χ1) is 16.7. The van der Waals surface area contributed by atoms with E-state index in [2.05, 4.69) is 15.4 Å². The van der Waals surface area contributed by atoms with Crippen molar-refractivity contribution in [3.8, 4) is 5.75 Å². The molecule has 0 atom stereocenters. The van der Waals surface area contributed by atoms with E-state index in [-0.39, 0.29) is 40.5 Å². The molecule has 12 heteroatoms. The SMILES string of the molecule is COc1ccccc1NS(=O)(=O)c1cccc(NC(=O)CCNC(=O)c2ccc([N+](=O)[O-])cc2)c1. The molecule has 182 valence electrons. The number of sulfonamides is 1. The van der Waals surface area contributed by atoms with E-state index in [4.69, 9.17) is 4.74 Å². The summed E-state index contributed by atoms with van der Waals surface area (Å²) in [7, 11) is -2.52. The molecule has 0 aliphatic carbocycles. The molecule has 0 bridgehead atoms. The topological polar surface area (TPSA) is 157 Å². The highest BCUT2D eigenvalue weighted by Crippen LogP contribution is 2.26. The van der Waals surface area contributed by atoms with Crippen molar-refractivity contribution in [2.24, 2.45) is 0 Å². The van der Waals surface area contributed by atoms with E-state index in [0.29, 0.717) is 5.75 Å². The average Bonchev–Trinajstić information content (AvgIpc) is 2.84. The first-order valence-electron chi connectivity index (χ1n) is 10.3. The van der Waals surface area contributed by atoms with Gasteiger partial charge in [-0.05, 0) is 42.5 Å². The molecule has 0 aliphatic rings. The summed E-state index contributed by atoms with van der Waals surface area (Å²) < 4.78 is 33.2. The van der Waals surface area contributed by atoms with E-state index < -0.39 is 26.8 Å². The van der Waals surface area contributed by atoms with E-state index in [9.17, 15) is 28.1 Å². The molecular formula is C23H22N4O7S. The zero-order valence-corrected chi connectivity index (χ0v) is 19.4. The van der Waals surface area contributed by atoms with Gasteiger partial charge in [0.15, 0.2) is 0 Å². The lowest BCUT2D eigenvalue weighted by molar-refractivity contribution is -0.384. The second-order valence-corrected chi connectivity index (χ2v) is 8.87. The largest absolute Gasteiger partial charge is 0.495 e. The summed E-state index contributed by atoms with van der Waals surface area (Å²) in [6.07, 6.45) is -0.0742. The Balaban J connectivity index is 1.56. The molecule has 3 aromatic rings. The van der Waals surface area contributed by atoms with E-state index in [1.807, 2.05) is 0 Å². The van der Waals surface area contributed by atoms with Crippen molar-refractivity contribution in [3.05, 3.63) is 88.5 Å². The van der Waals surface area contributed by atoms with Gasteiger partial charge in [-0.3, -0.25) is 24.4 Å². The predicted octanol–water partition coefficient (Wildman–Crippen LogP) is 3.16. The van der Waals surface area contributed by atoms with Crippen LogP contribution >= 0.6 is 0 Å². The van der Waals surface area contributed by atoms with Crippen molar-refractivity contribution in [2.45, 2.75) is 11.3 Å². The van der Waals surface area contributed by atoms with Crippen molar-refractivity contribution in [1.29, 1.82) is 0 Å². The molecule has 0 fully saturated rings. The quantitative estimate of drug-likeness (QED) is 0.286. The average molecular weight is 499 g/mol. The van der Waals surface area contributed by atoms with Crippen molar-refractivity contribution in [2.75, 3.05) is 23.7 Å². The van der Waals surface area contributed by atoms with Gasteiger partial charge in [-0.2, -0.15) is 0 Å². The molecular weight excluding hydrogens is 476 g/mol. The highest BCUT2D eigenvalue weighted by atomic mass is 32.2. The Labute approximate surface area is 201 Å². The van der Waals surface area contributed by atoms with Gasteiger partial charge < -0.3 is 15.4 Å². The van der Waals surface area contributed by atoms with Crippen molar-refractivity contribution in [3.63, 3.8) is 0 Å². The summed E-state index contributed by atoms with van der Waals surface area (Å²) in [6.45, 7) is 0.00893. The van der Waals surface area contributed by atoms with E-state index in [0.717, 1.165) is 0 Å². The molecule has 3 aromatic carbocycles. The minimum atomic E-state index is -3.95. The molecule has 0 heterocycles. The van der Waals surface area contributed by atoms with Crippen molar-refractivity contribution < 1.29 is 27.7 Å². The number of nitro benzene ring substituents is 1. The first-order valence-corrected chi connectivity index (χ1v) is 11.8. The minimum Gasteiger partial charge on any atom is -0.495 e. The summed E-state index contributed by atoms with van der Waals surface area (Å²) in [5, 5.41) is 15.8. The van der Waals surface area contributed by atoms with Gasteiger partial charge in [-0.15, -0.1) is 0 Å². The lowest BCUT2D eigenvalue weighted by Crippen LogP contribution is -2.27. The monoisotopic (exact) mass is 498 g/mol. The van der Waals surface area contributed by atoms with Crippen LogP contribution in [0, 0.1) is 10.1 Å². The van der Waals surface area contributed by atoms with Crippen molar-refractivity contribution >= 4 is 38.9 Å². The van der Waals surface area contributed by atoms with Crippen LogP contribution in [0.2, 0.25) is 0 Å². The summed E-state index contributed by atoms with van der Waals surface area (Å²) in [4.78, 5) is 34.4. The first kappa shape index (κ1) is 25.2. The number of nitrogens with zero attached hydrogens (tertiary/aromatic N) is 1. The number of nitro groups is 1. The number of rotatable bonds is 10. The van der Waals surface area contributed by atoms with Gasteiger partial charge in [-0.1, -0.05) is 18.2 Å². The van der Waals surface area contributed by atoms with Crippen LogP contribution in [-0.4, -0.2) is 38.8 Å². The van der Waals surface area contributed by atoms with Crippen LogP contribution in [0.25, 0.3) is 0 Å². The smallest absolute Gasteiger partial charge is 0.269 e. The molecule has 3 rings (SSSR count). The molecule has 2 amide bonds. The number of hydrogen-bond donors (Lipinski definition) is 3. The molecule has 0 saturated heterocycles. The van der Waals surface area contributed by atoms with E-state index in [1.165, 1.54) is 55.6 Å². The van der Waals surface area contributed by atoms with Gasteiger partial charge in [-0.25, -0.2) is 8.42 Å². The van der Waals surface area contributed by atoms with Crippen LogP contribution in [0.4, 0.5) is 17.1 Å². The number of nitrogens with one attached hydrogen (secondary N) is 3. The van der Waals surface area contributed by atoms with Crippen LogP contribution in [0.5, 0.6) is 5.75 Å². The Bertz CT molecular complexity index is 1340. The predicted molar refractivity (Wildman–Crippen MR) is 129 cm³/mol. The Morgan fingerprint density at radius 3 is 2.40 bits per heavy atom. The van der Waals surface area contributed by atoms with Gasteiger partial charge >= 0.3 is 0 Å². The number of benzene rings is 3. The highest BCUT2D eigenvalue weighted by Gasteiger charge is 2.17. The fourth-order valence-electron chi connectivity index (χ4n) is 3.02. The Morgan fingerprint density at radius 1 is 1.00 bits per heavy atom. The second kappa shape index (κ2) is 11.1. The lowest BCUT2D eigenvalue weighted by atomic mass is 10.2. The number of carbonyl (C=O) groups excluding carboxylic acids is 2. The second-order valence-electron chi connectivity index (χ2n) is 7.19. The van der Waals surface area contributed by atoms with Crippen LogP contribution in [0.3, 0.4) is 0 Å². The molecule has 35 heavy (non-hydrogen) atoms. The molecule has 0 unspecified atom stereocenters. The summed E-state index contributed by atoms with van der Waals surface area (Å²) >= 11 is 0. The van der Waals surface area contributed by atoms with E-state index >= 15 is 0 Å². The zero-order valence-electron chi connectivity index (χ0n) is 18.6. The van der Waals surface area contributed by atoms with Gasteiger partial charge in [0.25, 0.3) is 21.6 Å². The van der Waals surface area contributed by atoms with Crippen LogP contribution in [-0.2, 0) is 14.8 Å². The molecule has 0 aromatic heterocycles. The van der Waals surface area contributed by atoms with Crippen LogP contribution in [0.15, 0.2) is 77.7 Å². The van der Waals surface area contributed by atoms with Gasteiger partial charge in [0.2, 0.25) is 5.91 Å². The van der Waals surface area contributed by atoms with Crippen LogP contribution in [0.1, 0.15) is 16.8 Å². The fourth-order valence-corrected chi connectivity index (χ4v) is 4.14. The fraction of sp³-hybridized carbons (Fsp3) is 0.130. The molecule has 0 aliphatic heterocycles. The lowest BCUT2D eigenvalue weighted by Gasteiger charge is -2.12. The molecule has 3 N–H and O–H groups in total. The Morgan fingerprint density at radius 2 is 1.71 bits per heavy atom. The number of amides is 2. The standard InChI is InChI=1S/C23H22N4O7S/c1-34-21-8-3-2-7-20(21)26-35(32,33)19-6-4-5-17(15-19)25-22(28)13-14-24-23(29)16-9-11-18(12-10-16)27(30)31/h2-12,15,26H,13-14H2,1H3,(H,24,29)(H,25,28). The summed E-state index contributed by atoms with van der Waals surface area (Å²) in [5.74, 6) is -0.569. The maximum Gasteiger partial charge on any atom is 0.269 e. The van der Waals surface area contributed by atoms with Gasteiger partial charge in [0.1, 0.15) is 5.75 Å². The van der Waals surface area contributed by atoms with Crippen molar-refractivity contribution in [1.82, 2.24) is 5.32 Å². The zero-order chi connectivity index (χ0) is 25.4. The number of methoxy groups -OCH3 is 1. The van der Waals surface area contributed by atoms with Gasteiger partial charge in [0.05, 0.1) is 22.6 Å². The normalized spacial score (nSPS) is 10.8. The minimum absolute atomic E-state index is 0.00893. The summed E-state index contributed by atoms with van der Waals surface area (Å²) in [6, 6.07) is 17.3. The molecule has 0 radical (unpaired) electrons. The van der Waals surface area contributed by atoms with E-state index in [1.54, 1.807) is 24.3 Å². The van der Waals surface area contributed by atoms with Gasteiger partial charge in [0, 0.05) is 36.3 Å².